The van der Waals surface area contributed by atoms with E-state index in [0.29, 0.717) is 26.4 Å². The van der Waals surface area contributed by atoms with E-state index in [1.165, 1.54) is 5.56 Å². The summed E-state index contributed by atoms with van der Waals surface area (Å²) in [6, 6.07) is 8.15. The van der Waals surface area contributed by atoms with Crippen LogP contribution in [0.3, 0.4) is 0 Å². The van der Waals surface area contributed by atoms with Crippen molar-refractivity contribution in [2.45, 2.75) is 25.2 Å². The molecule has 1 heterocycles. The van der Waals surface area contributed by atoms with Gasteiger partial charge in [-0.05, 0) is 37.5 Å². The van der Waals surface area contributed by atoms with Gasteiger partial charge in [-0.1, -0.05) is 12.1 Å². The third-order valence-electron chi connectivity index (χ3n) is 4.04. The molecule has 1 aromatic rings. The number of nitrogens with one attached hydrogen (secondary N) is 1. The molecule has 5 heteroatoms. The van der Waals surface area contributed by atoms with E-state index in [-0.39, 0.29) is 17.9 Å². The van der Waals surface area contributed by atoms with Gasteiger partial charge in [0, 0.05) is 25.2 Å². The summed E-state index contributed by atoms with van der Waals surface area (Å²) in [4.78, 5) is 11.5. The topological polar surface area (TPSA) is 73.6 Å². The molecule has 21 heavy (non-hydrogen) atoms. The van der Waals surface area contributed by atoms with Gasteiger partial charge in [-0.25, -0.2) is 0 Å². The molecule has 3 N–H and O–H groups in total. The summed E-state index contributed by atoms with van der Waals surface area (Å²) in [6.07, 6.45) is 1.79. The lowest BCUT2D eigenvalue weighted by Gasteiger charge is -2.38. The molecular formula is C16H24N2O3. The smallest absolute Gasteiger partial charge is 0.233 e. The molecule has 0 spiro atoms. The summed E-state index contributed by atoms with van der Waals surface area (Å²) in [7, 11) is 0. The molecule has 2 rings (SSSR count). The number of hydrogen-bond acceptors (Lipinski definition) is 4. The Balaban J connectivity index is 2.16. The molecule has 0 saturated carbocycles. The fraction of sp³-hybridized carbons (Fsp3) is 0.562. The van der Waals surface area contributed by atoms with Gasteiger partial charge in [0.05, 0.1) is 13.2 Å². The summed E-state index contributed by atoms with van der Waals surface area (Å²) in [6.45, 7) is 4.68. The predicted molar refractivity (Wildman–Crippen MR) is 81.4 cm³/mol. The van der Waals surface area contributed by atoms with Crippen LogP contribution in [-0.2, 0) is 14.9 Å². The number of benzene rings is 1. The van der Waals surface area contributed by atoms with E-state index >= 15 is 0 Å². The first-order valence-electron chi connectivity index (χ1n) is 7.48. The molecule has 116 valence electrons. The van der Waals surface area contributed by atoms with Gasteiger partial charge in [-0.3, -0.25) is 4.79 Å². The van der Waals surface area contributed by atoms with Crippen molar-refractivity contribution in [3.8, 4) is 5.75 Å². The third kappa shape index (κ3) is 3.95. The summed E-state index contributed by atoms with van der Waals surface area (Å²) >= 11 is 0. The van der Waals surface area contributed by atoms with Gasteiger partial charge in [-0.15, -0.1) is 0 Å². The van der Waals surface area contributed by atoms with Crippen LogP contribution in [0.2, 0.25) is 0 Å². The molecule has 1 aliphatic rings. The lowest BCUT2D eigenvalue weighted by Crippen LogP contribution is -2.45. The van der Waals surface area contributed by atoms with Crippen LogP contribution < -0.4 is 15.8 Å². The fourth-order valence-electron chi connectivity index (χ4n) is 2.74. The van der Waals surface area contributed by atoms with Crippen LogP contribution in [0.5, 0.6) is 5.75 Å². The van der Waals surface area contributed by atoms with Crippen molar-refractivity contribution >= 4 is 5.91 Å². The van der Waals surface area contributed by atoms with Crippen LogP contribution >= 0.6 is 0 Å². The zero-order valence-corrected chi connectivity index (χ0v) is 12.6. The molecule has 0 unspecified atom stereocenters. The number of ether oxygens (including phenoxy) is 2. The molecule has 0 bridgehead atoms. The van der Waals surface area contributed by atoms with Crippen LogP contribution in [0.4, 0.5) is 0 Å². The maximum absolute atomic E-state index is 11.5. The van der Waals surface area contributed by atoms with Crippen molar-refractivity contribution in [1.29, 1.82) is 0 Å². The molecular weight excluding hydrogens is 268 g/mol. The van der Waals surface area contributed by atoms with Crippen molar-refractivity contribution in [3.05, 3.63) is 29.8 Å². The second kappa shape index (κ2) is 7.43. The van der Waals surface area contributed by atoms with E-state index in [9.17, 15) is 4.79 Å². The number of rotatable bonds is 6. The minimum atomic E-state index is -0.119. The first kappa shape index (κ1) is 15.8. The van der Waals surface area contributed by atoms with E-state index in [2.05, 4.69) is 17.4 Å². The van der Waals surface area contributed by atoms with Crippen molar-refractivity contribution in [2.75, 3.05) is 32.9 Å². The Kier molecular flexibility index (Phi) is 5.59. The van der Waals surface area contributed by atoms with Crippen LogP contribution in [0.25, 0.3) is 0 Å². The highest BCUT2D eigenvalue weighted by atomic mass is 16.5. The molecule has 1 amide bonds. The molecule has 5 nitrogen and oxygen atoms in total. The van der Waals surface area contributed by atoms with E-state index < -0.39 is 0 Å². The Bertz CT molecular complexity index is 453. The molecule has 1 aliphatic heterocycles. The fourth-order valence-corrected chi connectivity index (χ4v) is 2.74. The lowest BCUT2D eigenvalue weighted by atomic mass is 9.74. The highest BCUT2D eigenvalue weighted by Gasteiger charge is 2.34. The minimum Gasteiger partial charge on any atom is -0.494 e. The van der Waals surface area contributed by atoms with Crippen LogP contribution in [0, 0.1) is 0 Å². The average Bonchev–Trinajstić information content (AvgIpc) is 2.54. The lowest BCUT2D eigenvalue weighted by molar-refractivity contribution is -0.120. The maximum atomic E-state index is 11.5. The van der Waals surface area contributed by atoms with Crippen LogP contribution in [-0.4, -0.2) is 38.8 Å². The SMILES string of the molecule is CCOc1ccc(C2(CNC(=O)CN)CCOCC2)cc1. The molecule has 0 aliphatic carbocycles. The Labute approximate surface area is 125 Å². The Morgan fingerprint density at radius 1 is 1.33 bits per heavy atom. The molecule has 1 aromatic carbocycles. The Hall–Kier alpha value is -1.59. The molecule has 0 aromatic heterocycles. The second-order valence-corrected chi connectivity index (χ2v) is 5.33. The monoisotopic (exact) mass is 292 g/mol. The Morgan fingerprint density at radius 3 is 2.57 bits per heavy atom. The van der Waals surface area contributed by atoms with Gasteiger partial charge in [0.2, 0.25) is 5.91 Å². The van der Waals surface area contributed by atoms with Crippen molar-refractivity contribution in [1.82, 2.24) is 5.32 Å². The summed E-state index contributed by atoms with van der Waals surface area (Å²) in [5.74, 6) is 0.751. The van der Waals surface area contributed by atoms with Gasteiger partial charge >= 0.3 is 0 Å². The second-order valence-electron chi connectivity index (χ2n) is 5.33. The number of nitrogens with two attached hydrogens (primary N) is 1. The highest BCUT2D eigenvalue weighted by molar-refractivity contribution is 5.77. The van der Waals surface area contributed by atoms with Gasteiger partial charge in [0.25, 0.3) is 0 Å². The minimum absolute atomic E-state index is 0.0237. The summed E-state index contributed by atoms with van der Waals surface area (Å²) < 4.78 is 11.0. The maximum Gasteiger partial charge on any atom is 0.233 e. The molecule has 0 atom stereocenters. The number of hydrogen-bond donors (Lipinski definition) is 2. The molecule has 1 saturated heterocycles. The quantitative estimate of drug-likeness (QED) is 0.826. The number of amides is 1. The van der Waals surface area contributed by atoms with Gasteiger partial charge in [-0.2, -0.15) is 0 Å². The van der Waals surface area contributed by atoms with Crippen molar-refractivity contribution < 1.29 is 14.3 Å². The first-order chi connectivity index (χ1) is 10.2. The van der Waals surface area contributed by atoms with Gasteiger partial charge in [0.15, 0.2) is 0 Å². The summed E-state index contributed by atoms with van der Waals surface area (Å²) in [5, 5.41) is 2.93. The first-order valence-corrected chi connectivity index (χ1v) is 7.48. The Morgan fingerprint density at radius 2 is 2.00 bits per heavy atom. The van der Waals surface area contributed by atoms with Crippen LogP contribution in [0.15, 0.2) is 24.3 Å². The highest BCUT2D eigenvalue weighted by Crippen LogP contribution is 2.35. The van der Waals surface area contributed by atoms with E-state index in [1.807, 2.05) is 19.1 Å². The number of carbonyl (C=O) groups is 1. The standard InChI is InChI=1S/C16H24N2O3/c1-2-21-14-5-3-13(4-6-14)16(7-9-20-10-8-16)12-18-15(19)11-17/h3-6H,2,7-12,17H2,1H3,(H,18,19). The summed E-state index contributed by atoms with van der Waals surface area (Å²) in [5.41, 5.74) is 6.51. The van der Waals surface area contributed by atoms with E-state index in [1.54, 1.807) is 0 Å². The molecule has 1 fully saturated rings. The third-order valence-corrected chi connectivity index (χ3v) is 4.04. The zero-order valence-electron chi connectivity index (χ0n) is 12.6. The largest absolute Gasteiger partial charge is 0.494 e. The van der Waals surface area contributed by atoms with Gasteiger partial charge in [0.1, 0.15) is 5.75 Å². The van der Waals surface area contributed by atoms with Crippen molar-refractivity contribution in [2.24, 2.45) is 5.73 Å². The normalized spacial score (nSPS) is 17.2. The average molecular weight is 292 g/mol. The number of carbonyl (C=O) groups excluding carboxylic acids is 1. The zero-order chi connectivity index (χ0) is 15.1. The van der Waals surface area contributed by atoms with Gasteiger partial charge < -0.3 is 20.5 Å². The van der Waals surface area contributed by atoms with E-state index in [4.69, 9.17) is 15.2 Å². The van der Waals surface area contributed by atoms with Crippen LogP contribution in [0.1, 0.15) is 25.3 Å². The van der Waals surface area contributed by atoms with Crippen molar-refractivity contribution in [3.63, 3.8) is 0 Å². The molecule has 0 radical (unpaired) electrons. The predicted octanol–water partition coefficient (Wildman–Crippen LogP) is 1.21. The van der Waals surface area contributed by atoms with E-state index in [0.717, 1.165) is 18.6 Å².